The lowest BCUT2D eigenvalue weighted by Gasteiger charge is -2.11. The Kier molecular flexibility index (Phi) is 5.40. The predicted molar refractivity (Wildman–Crippen MR) is 75.8 cm³/mol. The molecule has 2 N–H and O–H groups in total. The monoisotopic (exact) mass is 296 g/mol. The summed E-state index contributed by atoms with van der Waals surface area (Å²) in [6, 6.07) is 7.34. The standard InChI is InChI=1S/C14H17ClN2O3/c1-18-9-11-7-10(17-20-11)8-19-14-4-2-3-13(15)12(14)5-6-16/h2-4,7H,5-6,8-9,16H2,1H3. The topological polar surface area (TPSA) is 70.5 Å². The molecular formula is C14H17ClN2O3. The van der Waals surface area contributed by atoms with Crippen LogP contribution in [-0.2, 0) is 24.4 Å². The number of hydrogen-bond donors (Lipinski definition) is 1. The molecule has 5 nitrogen and oxygen atoms in total. The van der Waals surface area contributed by atoms with Crippen LogP contribution in [0.3, 0.4) is 0 Å². The zero-order valence-corrected chi connectivity index (χ0v) is 12.0. The summed E-state index contributed by atoms with van der Waals surface area (Å²) in [5.41, 5.74) is 7.21. The van der Waals surface area contributed by atoms with E-state index in [9.17, 15) is 0 Å². The van der Waals surface area contributed by atoms with Crippen molar-refractivity contribution < 1.29 is 14.0 Å². The molecule has 20 heavy (non-hydrogen) atoms. The van der Waals surface area contributed by atoms with Gasteiger partial charge in [-0.3, -0.25) is 0 Å². The van der Waals surface area contributed by atoms with E-state index in [0.717, 1.165) is 11.3 Å². The Labute approximate surface area is 122 Å². The first-order chi connectivity index (χ1) is 9.74. The van der Waals surface area contributed by atoms with E-state index in [4.69, 9.17) is 31.3 Å². The maximum atomic E-state index is 6.15. The number of nitrogens with two attached hydrogens (primary N) is 1. The lowest BCUT2D eigenvalue weighted by molar-refractivity contribution is 0.155. The minimum atomic E-state index is 0.311. The molecule has 0 aliphatic heterocycles. The highest BCUT2D eigenvalue weighted by Gasteiger charge is 2.09. The minimum absolute atomic E-state index is 0.311. The second kappa shape index (κ2) is 7.28. The number of methoxy groups -OCH3 is 1. The third-order valence-electron chi connectivity index (χ3n) is 2.74. The van der Waals surface area contributed by atoms with Crippen LogP contribution in [0.4, 0.5) is 0 Å². The van der Waals surface area contributed by atoms with Gasteiger partial charge in [0.05, 0.1) is 0 Å². The third kappa shape index (κ3) is 3.72. The van der Waals surface area contributed by atoms with E-state index in [-0.39, 0.29) is 0 Å². The van der Waals surface area contributed by atoms with Gasteiger partial charge in [-0.25, -0.2) is 0 Å². The van der Waals surface area contributed by atoms with Gasteiger partial charge in [0.1, 0.15) is 24.7 Å². The number of halogens is 1. The third-order valence-corrected chi connectivity index (χ3v) is 3.09. The molecule has 0 aliphatic carbocycles. The number of aromatic nitrogens is 1. The molecule has 1 aromatic heterocycles. The Bertz CT molecular complexity index is 557. The highest BCUT2D eigenvalue weighted by molar-refractivity contribution is 6.31. The largest absolute Gasteiger partial charge is 0.487 e. The van der Waals surface area contributed by atoms with Gasteiger partial charge in [-0.05, 0) is 25.1 Å². The van der Waals surface area contributed by atoms with Crippen molar-refractivity contribution in [1.29, 1.82) is 0 Å². The van der Waals surface area contributed by atoms with E-state index in [1.807, 2.05) is 18.2 Å². The van der Waals surface area contributed by atoms with Crippen LogP contribution in [-0.4, -0.2) is 18.8 Å². The van der Waals surface area contributed by atoms with E-state index in [1.54, 1.807) is 13.2 Å². The fourth-order valence-electron chi connectivity index (χ4n) is 1.85. The molecule has 0 unspecified atom stereocenters. The molecule has 0 bridgehead atoms. The van der Waals surface area contributed by atoms with E-state index >= 15 is 0 Å². The average molecular weight is 297 g/mol. The summed E-state index contributed by atoms with van der Waals surface area (Å²) in [4.78, 5) is 0. The van der Waals surface area contributed by atoms with Crippen LogP contribution < -0.4 is 10.5 Å². The molecule has 108 valence electrons. The second-order valence-corrected chi connectivity index (χ2v) is 4.67. The van der Waals surface area contributed by atoms with Gasteiger partial charge >= 0.3 is 0 Å². The van der Waals surface area contributed by atoms with Crippen molar-refractivity contribution in [2.24, 2.45) is 5.73 Å². The van der Waals surface area contributed by atoms with Crippen molar-refractivity contribution in [3.8, 4) is 5.75 Å². The molecule has 6 heteroatoms. The zero-order chi connectivity index (χ0) is 14.4. The molecule has 0 radical (unpaired) electrons. The molecule has 0 saturated heterocycles. The summed E-state index contributed by atoms with van der Waals surface area (Å²) >= 11 is 6.15. The number of hydrogen-bond acceptors (Lipinski definition) is 5. The molecule has 0 atom stereocenters. The average Bonchev–Trinajstić information content (AvgIpc) is 2.88. The summed E-state index contributed by atoms with van der Waals surface area (Å²) in [5, 5.41) is 4.57. The lowest BCUT2D eigenvalue weighted by Crippen LogP contribution is -2.06. The van der Waals surface area contributed by atoms with Gasteiger partial charge in [-0.2, -0.15) is 0 Å². The summed E-state index contributed by atoms with van der Waals surface area (Å²) in [6.07, 6.45) is 0.669. The molecular weight excluding hydrogens is 280 g/mol. The maximum absolute atomic E-state index is 6.15. The van der Waals surface area contributed by atoms with E-state index in [1.165, 1.54) is 0 Å². The van der Waals surface area contributed by atoms with Crippen LogP contribution in [0.25, 0.3) is 0 Å². The number of rotatable bonds is 7. The molecule has 0 aliphatic rings. The first kappa shape index (κ1) is 14.8. The second-order valence-electron chi connectivity index (χ2n) is 4.26. The normalized spacial score (nSPS) is 10.8. The SMILES string of the molecule is COCc1cc(COc2cccc(Cl)c2CCN)no1. The van der Waals surface area contributed by atoms with E-state index < -0.39 is 0 Å². The van der Waals surface area contributed by atoms with Crippen molar-refractivity contribution in [2.45, 2.75) is 19.6 Å². The van der Waals surface area contributed by atoms with E-state index in [0.29, 0.717) is 42.7 Å². The Morgan fingerprint density at radius 3 is 2.95 bits per heavy atom. The fraction of sp³-hybridized carbons (Fsp3) is 0.357. The Balaban J connectivity index is 2.04. The summed E-state index contributed by atoms with van der Waals surface area (Å²) in [5.74, 6) is 1.39. The van der Waals surface area contributed by atoms with Crippen molar-refractivity contribution in [3.63, 3.8) is 0 Å². The van der Waals surface area contributed by atoms with Gasteiger partial charge in [0.25, 0.3) is 0 Å². The van der Waals surface area contributed by atoms with Crippen LogP contribution in [0.1, 0.15) is 17.0 Å². The van der Waals surface area contributed by atoms with Crippen molar-refractivity contribution in [2.75, 3.05) is 13.7 Å². The van der Waals surface area contributed by atoms with Crippen LogP contribution in [0, 0.1) is 0 Å². The number of ether oxygens (including phenoxy) is 2. The Hall–Kier alpha value is -1.56. The maximum Gasteiger partial charge on any atom is 0.162 e. The summed E-state index contributed by atoms with van der Waals surface area (Å²) in [6.45, 7) is 1.22. The van der Waals surface area contributed by atoms with Crippen LogP contribution in [0.15, 0.2) is 28.8 Å². The van der Waals surface area contributed by atoms with Gasteiger partial charge in [-0.15, -0.1) is 0 Å². The molecule has 2 aromatic rings. The zero-order valence-electron chi connectivity index (χ0n) is 11.3. The van der Waals surface area contributed by atoms with Crippen molar-refractivity contribution >= 4 is 11.6 Å². The molecule has 0 fully saturated rings. The minimum Gasteiger partial charge on any atom is -0.487 e. The lowest BCUT2D eigenvalue weighted by atomic mass is 10.1. The molecule has 0 saturated carbocycles. The van der Waals surface area contributed by atoms with Crippen molar-refractivity contribution in [3.05, 3.63) is 46.3 Å². The van der Waals surface area contributed by atoms with Gasteiger partial charge in [-0.1, -0.05) is 22.8 Å². The highest BCUT2D eigenvalue weighted by Crippen LogP contribution is 2.27. The predicted octanol–water partition coefficient (Wildman–Crippen LogP) is 2.55. The van der Waals surface area contributed by atoms with Crippen LogP contribution >= 0.6 is 11.6 Å². The molecule has 1 aromatic carbocycles. The van der Waals surface area contributed by atoms with Crippen LogP contribution in [0.5, 0.6) is 5.75 Å². The summed E-state index contributed by atoms with van der Waals surface area (Å²) in [7, 11) is 1.60. The molecule has 2 rings (SSSR count). The molecule has 1 heterocycles. The first-order valence-electron chi connectivity index (χ1n) is 6.28. The number of benzene rings is 1. The number of nitrogens with zero attached hydrogens (tertiary/aromatic N) is 1. The molecule has 0 spiro atoms. The van der Waals surface area contributed by atoms with Gasteiger partial charge in [0.15, 0.2) is 5.76 Å². The highest BCUT2D eigenvalue weighted by atomic mass is 35.5. The van der Waals surface area contributed by atoms with Crippen LogP contribution in [0.2, 0.25) is 5.02 Å². The van der Waals surface area contributed by atoms with Gasteiger partial charge in [0, 0.05) is 23.8 Å². The first-order valence-corrected chi connectivity index (χ1v) is 6.66. The summed E-state index contributed by atoms with van der Waals surface area (Å²) < 4.78 is 15.8. The smallest absolute Gasteiger partial charge is 0.162 e. The Morgan fingerprint density at radius 2 is 2.20 bits per heavy atom. The quantitative estimate of drug-likeness (QED) is 0.850. The van der Waals surface area contributed by atoms with Gasteiger partial charge < -0.3 is 19.7 Å². The molecule has 0 amide bonds. The van der Waals surface area contributed by atoms with Gasteiger partial charge in [0.2, 0.25) is 0 Å². The van der Waals surface area contributed by atoms with Crippen molar-refractivity contribution in [1.82, 2.24) is 5.16 Å². The van der Waals surface area contributed by atoms with E-state index in [2.05, 4.69) is 5.16 Å². The fourth-order valence-corrected chi connectivity index (χ4v) is 2.11. The Morgan fingerprint density at radius 1 is 1.35 bits per heavy atom.